The lowest BCUT2D eigenvalue weighted by Crippen LogP contribution is -2.19. The van der Waals surface area contributed by atoms with Crippen molar-refractivity contribution in [3.05, 3.63) is 53.4 Å². The summed E-state index contributed by atoms with van der Waals surface area (Å²) in [4.78, 5) is 13.1. The van der Waals surface area contributed by atoms with Gasteiger partial charge in [-0.15, -0.1) is 11.3 Å². The molecule has 0 aliphatic heterocycles. The quantitative estimate of drug-likeness (QED) is 0.676. The van der Waals surface area contributed by atoms with Crippen LogP contribution in [0.5, 0.6) is 0 Å². The van der Waals surface area contributed by atoms with Crippen molar-refractivity contribution in [1.29, 1.82) is 0 Å². The lowest BCUT2D eigenvalue weighted by molar-refractivity contribution is 0.795. The standard InChI is InChI=1S/C14H13Br2N3OS/c1-18-9-5-7(13(17)11-3-4-12(16)21-11)8(15)6-10(9)19(2)14(18)20/h3-6,13H,17H2,1-2H3. The van der Waals surface area contributed by atoms with Crippen LogP contribution < -0.4 is 11.4 Å². The molecule has 2 aromatic heterocycles. The number of thiophene rings is 1. The molecule has 0 fully saturated rings. The van der Waals surface area contributed by atoms with Gasteiger partial charge in [-0.25, -0.2) is 4.79 Å². The Bertz CT molecular complexity index is 894. The van der Waals surface area contributed by atoms with Gasteiger partial charge < -0.3 is 5.73 Å². The third-order valence-corrected chi connectivity index (χ3v) is 6.02. The fourth-order valence-corrected chi connectivity index (χ4v) is 4.44. The first-order valence-electron chi connectivity index (χ1n) is 6.26. The van der Waals surface area contributed by atoms with Gasteiger partial charge in [0, 0.05) is 23.4 Å². The maximum atomic E-state index is 12.0. The minimum Gasteiger partial charge on any atom is -0.320 e. The average molecular weight is 431 g/mol. The number of benzene rings is 1. The van der Waals surface area contributed by atoms with E-state index in [2.05, 4.69) is 31.9 Å². The summed E-state index contributed by atoms with van der Waals surface area (Å²) in [5.41, 5.74) is 9.08. The molecular weight excluding hydrogens is 418 g/mol. The predicted octanol–water partition coefficient (Wildman–Crippen LogP) is 3.51. The van der Waals surface area contributed by atoms with Gasteiger partial charge in [-0.2, -0.15) is 0 Å². The smallest absolute Gasteiger partial charge is 0.320 e. The van der Waals surface area contributed by atoms with E-state index in [9.17, 15) is 4.79 Å². The number of rotatable bonds is 2. The Labute approximate surface area is 142 Å². The minimum absolute atomic E-state index is 0.0403. The van der Waals surface area contributed by atoms with Gasteiger partial charge in [0.1, 0.15) is 0 Å². The highest BCUT2D eigenvalue weighted by molar-refractivity contribution is 9.11. The topological polar surface area (TPSA) is 53.0 Å². The second-order valence-electron chi connectivity index (χ2n) is 4.88. The molecule has 3 aromatic rings. The number of nitrogens with two attached hydrogens (primary N) is 1. The van der Waals surface area contributed by atoms with Gasteiger partial charge in [-0.05, 0) is 45.8 Å². The maximum Gasteiger partial charge on any atom is 0.328 e. The largest absolute Gasteiger partial charge is 0.328 e. The number of nitrogens with zero attached hydrogens (tertiary/aromatic N) is 2. The molecule has 1 aromatic carbocycles. The summed E-state index contributed by atoms with van der Waals surface area (Å²) < 4.78 is 5.24. The summed E-state index contributed by atoms with van der Waals surface area (Å²) in [7, 11) is 3.54. The van der Waals surface area contributed by atoms with E-state index in [4.69, 9.17) is 5.73 Å². The molecule has 21 heavy (non-hydrogen) atoms. The summed E-state index contributed by atoms with van der Waals surface area (Å²) in [5, 5.41) is 0. The number of fused-ring (bicyclic) bond motifs is 1. The van der Waals surface area contributed by atoms with Gasteiger partial charge in [-0.1, -0.05) is 15.9 Å². The Hall–Kier alpha value is -0.890. The Kier molecular flexibility index (Phi) is 3.85. The Balaban J connectivity index is 2.21. The van der Waals surface area contributed by atoms with Crippen molar-refractivity contribution in [2.24, 2.45) is 19.8 Å². The van der Waals surface area contributed by atoms with E-state index in [1.165, 1.54) is 0 Å². The third-order valence-electron chi connectivity index (χ3n) is 3.63. The van der Waals surface area contributed by atoms with Crippen LogP contribution in [0.3, 0.4) is 0 Å². The first-order chi connectivity index (χ1) is 9.90. The number of aryl methyl sites for hydroxylation is 2. The number of aromatic nitrogens is 2. The molecule has 3 rings (SSSR count). The molecule has 0 saturated heterocycles. The van der Waals surface area contributed by atoms with Crippen molar-refractivity contribution >= 4 is 54.2 Å². The third kappa shape index (κ3) is 2.42. The SMILES string of the molecule is Cn1c(=O)n(C)c2cc(C(N)c3ccc(Br)s3)c(Br)cc21. The van der Waals surface area contributed by atoms with Crippen molar-refractivity contribution in [2.75, 3.05) is 0 Å². The summed E-state index contributed by atoms with van der Waals surface area (Å²) >= 11 is 8.65. The van der Waals surface area contributed by atoms with E-state index < -0.39 is 0 Å². The van der Waals surface area contributed by atoms with Gasteiger partial charge in [0.05, 0.1) is 20.9 Å². The zero-order valence-corrected chi connectivity index (χ0v) is 15.4. The van der Waals surface area contributed by atoms with Crippen LogP contribution in [0.25, 0.3) is 11.0 Å². The maximum absolute atomic E-state index is 12.0. The number of hydrogen-bond donors (Lipinski definition) is 1. The van der Waals surface area contributed by atoms with Crippen LogP contribution in [0.1, 0.15) is 16.5 Å². The van der Waals surface area contributed by atoms with Crippen molar-refractivity contribution < 1.29 is 0 Å². The van der Waals surface area contributed by atoms with Crippen LogP contribution in [-0.2, 0) is 14.1 Å². The molecule has 2 heterocycles. The molecule has 7 heteroatoms. The highest BCUT2D eigenvalue weighted by Crippen LogP contribution is 2.34. The molecule has 0 amide bonds. The van der Waals surface area contributed by atoms with Crippen molar-refractivity contribution in [1.82, 2.24) is 9.13 Å². The Morgan fingerprint density at radius 3 is 2.33 bits per heavy atom. The van der Waals surface area contributed by atoms with Crippen molar-refractivity contribution in [3.63, 3.8) is 0 Å². The van der Waals surface area contributed by atoms with Crippen LogP contribution in [0.2, 0.25) is 0 Å². The molecule has 0 saturated carbocycles. The second kappa shape index (κ2) is 5.39. The normalized spacial score (nSPS) is 13.0. The van der Waals surface area contributed by atoms with Gasteiger partial charge in [-0.3, -0.25) is 9.13 Å². The molecule has 1 unspecified atom stereocenters. The molecule has 4 nitrogen and oxygen atoms in total. The highest BCUT2D eigenvalue weighted by atomic mass is 79.9. The van der Waals surface area contributed by atoms with E-state index >= 15 is 0 Å². The molecule has 1 atom stereocenters. The second-order valence-corrected chi connectivity index (χ2v) is 8.23. The zero-order chi connectivity index (χ0) is 15.3. The first-order valence-corrected chi connectivity index (χ1v) is 8.66. The van der Waals surface area contributed by atoms with Crippen molar-refractivity contribution in [2.45, 2.75) is 6.04 Å². The van der Waals surface area contributed by atoms with E-state index in [1.54, 1.807) is 34.6 Å². The van der Waals surface area contributed by atoms with Gasteiger partial charge >= 0.3 is 5.69 Å². The first kappa shape index (κ1) is 15.0. The van der Waals surface area contributed by atoms with E-state index in [0.717, 1.165) is 29.7 Å². The Morgan fingerprint density at radius 2 is 1.76 bits per heavy atom. The van der Waals surface area contributed by atoms with Crippen LogP contribution in [0, 0.1) is 0 Å². The van der Waals surface area contributed by atoms with Crippen molar-refractivity contribution in [3.8, 4) is 0 Å². The molecular formula is C14H13Br2N3OS. The fraction of sp³-hybridized carbons (Fsp3) is 0.214. The van der Waals surface area contributed by atoms with E-state index in [0.29, 0.717) is 0 Å². The van der Waals surface area contributed by atoms with Crippen LogP contribution in [0.15, 0.2) is 37.3 Å². The molecule has 0 spiro atoms. The van der Waals surface area contributed by atoms with Crippen LogP contribution >= 0.6 is 43.2 Å². The summed E-state index contributed by atoms with van der Waals surface area (Å²) in [6.45, 7) is 0. The monoisotopic (exact) mass is 429 g/mol. The minimum atomic E-state index is -0.226. The van der Waals surface area contributed by atoms with E-state index in [1.807, 2.05) is 24.3 Å². The lowest BCUT2D eigenvalue weighted by atomic mass is 10.1. The number of halogens is 2. The summed E-state index contributed by atoms with van der Waals surface area (Å²) in [5.74, 6) is 0. The number of hydrogen-bond acceptors (Lipinski definition) is 3. The molecule has 0 aliphatic rings. The fourth-order valence-electron chi connectivity index (χ4n) is 2.42. The summed E-state index contributed by atoms with van der Waals surface area (Å²) in [6, 6.07) is 7.72. The van der Waals surface area contributed by atoms with Gasteiger partial charge in [0.2, 0.25) is 0 Å². The van der Waals surface area contributed by atoms with Gasteiger partial charge in [0.15, 0.2) is 0 Å². The number of imidazole rings is 1. The zero-order valence-electron chi connectivity index (χ0n) is 11.4. The summed E-state index contributed by atoms with van der Waals surface area (Å²) in [6.07, 6.45) is 0. The van der Waals surface area contributed by atoms with E-state index in [-0.39, 0.29) is 11.7 Å². The lowest BCUT2D eigenvalue weighted by Gasteiger charge is -2.13. The van der Waals surface area contributed by atoms with Crippen LogP contribution in [0.4, 0.5) is 0 Å². The molecule has 0 bridgehead atoms. The molecule has 0 radical (unpaired) electrons. The average Bonchev–Trinajstić information content (AvgIpc) is 2.97. The Morgan fingerprint density at radius 1 is 1.14 bits per heavy atom. The molecule has 110 valence electrons. The van der Waals surface area contributed by atoms with Gasteiger partial charge in [0.25, 0.3) is 0 Å². The van der Waals surface area contributed by atoms with Crippen LogP contribution in [-0.4, -0.2) is 9.13 Å². The molecule has 2 N–H and O–H groups in total. The molecule has 0 aliphatic carbocycles. The predicted molar refractivity (Wildman–Crippen MR) is 93.9 cm³/mol. The highest BCUT2D eigenvalue weighted by Gasteiger charge is 2.18.